The third kappa shape index (κ3) is 4.17. The van der Waals surface area contributed by atoms with Crippen LogP contribution in [-0.4, -0.2) is 23.4 Å². The summed E-state index contributed by atoms with van der Waals surface area (Å²) in [6.45, 7) is 2.80. The minimum Gasteiger partial charge on any atom is -0.480 e. The minimum absolute atomic E-state index is 0.607. The molecule has 1 atom stereocenters. The van der Waals surface area contributed by atoms with E-state index < -0.39 is 24.2 Å². The van der Waals surface area contributed by atoms with E-state index in [4.69, 9.17) is 5.11 Å². The van der Waals surface area contributed by atoms with Gasteiger partial charge in [-0.15, -0.1) is 0 Å². The number of aliphatic carboxylic acids is 1. The lowest BCUT2D eigenvalue weighted by Crippen LogP contribution is -2.48. The smallest absolute Gasteiger partial charge is 0.457 e. The van der Waals surface area contributed by atoms with E-state index in [-0.39, 0.29) is 0 Å². The molecule has 1 unspecified atom stereocenters. The van der Waals surface area contributed by atoms with Crippen molar-refractivity contribution in [2.45, 2.75) is 26.2 Å². The van der Waals surface area contributed by atoms with Gasteiger partial charge in [-0.25, -0.2) is 5.32 Å². The molecule has 0 spiro atoms. The van der Waals surface area contributed by atoms with Crippen molar-refractivity contribution in [1.82, 2.24) is 5.32 Å². The quantitative estimate of drug-likeness (QED) is 0.649. The molecule has 0 radical (unpaired) electrons. The maximum absolute atomic E-state index is 11.7. The summed E-state index contributed by atoms with van der Waals surface area (Å²) in [5.41, 5.74) is 0. The topological polar surface area (TPSA) is 49.3 Å². The van der Waals surface area contributed by atoms with Crippen molar-refractivity contribution in [2.24, 2.45) is 5.92 Å². The van der Waals surface area contributed by atoms with Gasteiger partial charge in [0.15, 0.2) is 0 Å². The van der Waals surface area contributed by atoms with Crippen LogP contribution in [0.4, 0.5) is 13.2 Å². The first-order valence-corrected chi connectivity index (χ1v) is 3.31. The van der Waals surface area contributed by atoms with Crippen LogP contribution in [0.3, 0.4) is 0 Å². The monoisotopic (exact) mass is 185 g/mol. The first-order chi connectivity index (χ1) is 5.24. The molecule has 0 heterocycles. The van der Waals surface area contributed by atoms with Gasteiger partial charge in [0.05, 0.1) is 0 Å². The van der Waals surface area contributed by atoms with Gasteiger partial charge in [-0.2, -0.15) is 13.2 Å². The highest BCUT2D eigenvalue weighted by Crippen LogP contribution is 2.14. The van der Waals surface area contributed by atoms with Crippen molar-refractivity contribution in [3.8, 4) is 0 Å². The molecule has 0 amide bonds. The van der Waals surface area contributed by atoms with Gasteiger partial charge in [0.25, 0.3) is 0 Å². The molecule has 6 heteroatoms. The van der Waals surface area contributed by atoms with Crippen LogP contribution in [0.25, 0.3) is 0 Å². The lowest BCUT2D eigenvalue weighted by molar-refractivity contribution is -0.177. The molecule has 2 N–H and O–H groups in total. The summed E-state index contributed by atoms with van der Waals surface area (Å²) < 4.78 is 35.0. The largest absolute Gasteiger partial charge is 0.480 e. The molecular weight excluding hydrogens is 175 g/mol. The van der Waals surface area contributed by atoms with Gasteiger partial charge in [0, 0.05) is 0 Å². The average Bonchev–Trinajstić information content (AvgIpc) is 1.79. The maximum Gasteiger partial charge on any atom is 0.457 e. The van der Waals surface area contributed by atoms with Crippen molar-refractivity contribution in [1.29, 1.82) is 0 Å². The number of nitrogens with one attached hydrogen (secondary N) is 1. The molecule has 0 aliphatic heterocycles. The number of carbonyl (C=O) groups is 1. The summed E-state index contributed by atoms with van der Waals surface area (Å²) in [4.78, 5) is 10.3. The molecule has 0 fully saturated rings. The van der Waals surface area contributed by atoms with Crippen LogP contribution in [0, 0.1) is 5.92 Å². The van der Waals surface area contributed by atoms with Crippen molar-refractivity contribution >= 4 is 5.97 Å². The number of carboxylic acid groups (broad SMARTS) is 1. The molecule has 0 saturated heterocycles. The number of alkyl halides is 3. The van der Waals surface area contributed by atoms with Crippen LogP contribution < -0.4 is 5.32 Å². The zero-order valence-corrected chi connectivity index (χ0v) is 6.64. The second-order valence-corrected chi connectivity index (χ2v) is 2.70. The van der Waals surface area contributed by atoms with Crippen LogP contribution in [0.5, 0.6) is 0 Å². The van der Waals surface area contributed by atoms with Gasteiger partial charge in [0.2, 0.25) is 0 Å². The van der Waals surface area contributed by atoms with E-state index in [0.717, 1.165) is 5.32 Å². The van der Waals surface area contributed by atoms with E-state index in [1.165, 1.54) is 13.8 Å². The van der Waals surface area contributed by atoms with Gasteiger partial charge in [-0.1, -0.05) is 13.8 Å². The summed E-state index contributed by atoms with van der Waals surface area (Å²) in [6.07, 6.45) is -4.65. The maximum atomic E-state index is 11.7. The van der Waals surface area contributed by atoms with Crippen LogP contribution in [0.15, 0.2) is 0 Å². The molecule has 0 aromatic carbocycles. The fraction of sp³-hybridized carbons (Fsp3) is 0.833. The van der Waals surface area contributed by atoms with Crippen molar-refractivity contribution in [3.63, 3.8) is 0 Å². The highest BCUT2D eigenvalue weighted by atomic mass is 19.4. The molecule has 12 heavy (non-hydrogen) atoms. The summed E-state index contributed by atoms with van der Waals surface area (Å²) >= 11 is 0. The second-order valence-electron chi connectivity index (χ2n) is 2.70. The molecule has 0 aliphatic carbocycles. The summed E-state index contributed by atoms with van der Waals surface area (Å²) in [7, 11) is 0. The third-order valence-corrected chi connectivity index (χ3v) is 1.25. The Kier molecular flexibility index (Phi) is 3.51. The number of rotatable bonds is 3. The Morgan fingerprint density at radius 2 is 1.83 bits per heavy atom. The SMILES string of the molecule is CC(C)C(NC(F)(F)F)C(=O)O. The van der Waals surface area contributed by atoms with Gasteiger partial charge in [0.1, 0.15) is 6.04 Å². The molecule has 3 nitrogen and oxygen atoms in total. The van der Waals surface area contributed by atoms with E-state index in [2.05, 4.69) is 0 Å². The molecule has 0 aromatic rings. The van der Waals surface area contributed by atoms with Crippen molar-refractivity contribution < 1.29 is 23.1 Å². The summed E-state index contributed by atoms with van der Waals surface area (Å²) in [5.74, 6) is -2.11. The predicted octanol–water partition coefficient (Wildman–Crippen LogP) is 1.20. The molecule has 0 saturated carbocycles. The average molecular weight is 185 g/mol. The standard InChI is InChI=1S/C6H10F3NO2/c1-3(2)4(5(11)12)10-6(7,8)9/h3-4,10H,1-2H3,(H,11,12). The normalized spacial score (nSPS) is 14.8. The molecule has 0 aromatic heterocycles. The molecular formula is C6H10F3NO2. The van der Waals surface area contributed by atoms with Crippen molar-refractivity contribution in [3.05, 3.63) is 0 Å². The molecule has 0 rings (SSSR count). The summed E-state index contributed by atoms with van der Waals surface area (Å²) in [5, 5.41) is 9.40. The number of halogens is 3. The molecule has 0 bridgehead atoms. The van der Waals surface area contributed by atoms with E-state index in [0.29, 0.717) is 0 Å². The van der Waals surface area contributed by atoms with Gasteiger partial charge < -0.3 is 5.11 Å². The number of hydrogen-bond donors (Lipinski definition) is 2. The lowest BCUT2D eigenvalue weighted by Gasteiger charge is -2.19. The fourth-order valence-electron chi connectivity index (χ4n) is 0.690. The first-order valence-electron chi connectivity index (χ1n) is 3.31. The second kappa shape index (κ2) is 3.75. The van der Waals surface area contributed by atoms with E-state index in [9.17, 15) is 18.0 Å². The predicted molar refractivity (Wildman–Crippen MR) is 35.5 cm³/mol. The number of carboxylic acids is 1. The van der Waals surface area contributed by atoms with Gasteiger partial charge in [-0.05, 0) is 5.92 Å². The van der Waals surface area contributed by atoms with E-state index >= 15 is 0 Å². The minimum atomic E-state index is -4.65. The van der Waals surface area contributed by atoms with Crippen LogP contribution in [-0.2, 0) is 4.79 Å². The number of hydrogen-bond acceptors (Lipinski definition) is 2. The van der Waals surface area contributed by atoms with E-state index in [1.807, 2.05) is 0 Å². The van der Waals surface area contributed by atoms with Crippen LogP contribution in [0.1, 0.15) is 13.8 Å². The highest BCUT2D eigenvalue weighted by molar-refractivity contribution is 5.73. The Labute approximate surface area is 67.6 Å². The molecule has 0 aliphatic rings. The van der Waals surface area contributed by atoms with E-state index in [1.54, 1.807) is 0 Å². The van der Waals surface area contributed by atoms with Crippen molar-refractivity contribution in [2.75, 3.05) is 0 Å². The Balaban J connectivity index is 4.25. The zero-order valence-electron chi connectivity index (χ0n) is 6.64. The fourth-order valence-corrected chi connectivity index (χ4v) is 0.690. The Bertz CT molecular complexity index is 167. The Morgan fingerprint density at radius 3 is 1.92 bits per heavy atom. The zero-order chi connectivity index (χ0) is 9.94. The highest BCUT2D eigenvalue weighted by Gasteiger charge is 2.35. The first kappa shape index (κ1) is 11.2. The Hall–Kier alpha value is -0.780. The van der Waals surface area contributed by atoms with Gasteiger partial charge >= 0.3 is 12.3 Å². The Morgan fingerprint density at radius 1 is 1.42 bits per heavy atom. The third-order valence-electron chi connectivity index (χ3n) is 1.25. The lowest BCUT2D eigenvalue weighted by atomic mass is 10.1. The van der Waals surface area contributed by atoms with Crippen LogP contribution >= 0.6 is 0 Å². The molecule has 72 valence electrons. The summed E-state index contributed by atoms with van der Waals surface area (Å²) in [6, 6.07) is -1.58. The van der Waals surface area contributed by atoms with Gasteiger partial charge in [-0.3, -0.25) is 4.79 Å². The van der Waals surface area contributed by atoms with Crippen LogP contribution in [0.2, 0.25) is 0 Å².